The van der Waals surface area contributed by atoms with Gasteiger partial charge >= 0.3 is 0 Å². The van der Waals surface area contributed by atoms with E-state index in [0.717, 1.165) is 11.6 Å². The average Bonchev–Trinajstić information content (AvgIpc) is 2.65. The van der Waals surface area contributed by atoms with Gasteiger partial charge in [0.05, 0.1) is 6.54 Å². The summed E-state index contributed by atoms with van der Waals surface area (Å²) in [7, 11) is 0. The highest BCUT2D eigenvalue weighted by molar-refractivity contribution is 7.09. The number of anilines is 1. The van der Waals surface area contributed by atoms with E-state index in [1.54, 1.807) is 11.3 Å². The highest BCUT2D eigenvalue weighted by Gasteiger charge is 1.97. The fourth-order valence-corrected chi connectivity index (χ4v) is 2.15. The number of aromatic nitrogens is 1. The van der Waals surface area contributed by atoms with E-state index in [9.17, 15) is 0 Å². The summed E-state index contributed by atoms with van der Waals surface area (Å²) in [6, 6.07) is 6.48. The van der Waals surface area contributed by atoms with Gasteiger partial charge in [-0.3, -0.25) is 0 Å². The van der Waals surface area contributed by atoms with Gasteiger partial charge in [-0.05, 0) is 37.1 Å². The molecule has 0 saturated carbocycles. The number of hydrogen-bond donors (Lipinski definition) is 1. The Hall–Kier alpha value is -1.35. The highest BCUT2D eigenvalue weighted by Crippen LogP contribution is 2.15. The summed E-state index contributed by atoms with van der Waals surface area (Å²) in [5.41, 5.74) is 3.75. The zero-order chi connectivity index (χ0) is 10.7. The Morgan fingerprint density at radius 2 is 1.93 bits per heavy atom. The summed E-state index contributed by atoms with van der Waals surface area (Å²) in [5, 5.41) is 6.49. The minimum absolute atomic E-state index is 0.806. The molecule has 1 aromatic heterocycles. The van der Waals surface area contributed by atoms with E-state index in [1.165, 1.54) is 16.8 Å². The van der Waals surface area contributed by atoms with Crippen LogP contribution < -0.4 is 5.32 Å². The molecule has 0 fully saturated rings. The Morgan fingerprint density at radius 1 is 1.20 bits per heavy atom. The molecule has 2 aromatic rings. The first-order chi connectivity index (χ1) is 7.24. The van der Waals surface area contributed by atoms with Crippen LogP contribution in [0.25, 0.3) is 0 Å². The van der Waals surface area contributed by atoms with Gasteiger partial charge < -0.3 is 5.32 Å². The molecule has 0 spiro atoms. The molecule has 0 atom stereocenters. The van der Waals surface area contributed by atoms with Gasteiger partial charge in [0.1, 0.15) is 5.01 Å². The van der Waals surface area contributed by atoms with Crippen molar-refractivity contribution in [1.82, 2.24) is 4.98 Å². The molecule has 0 aliphatic carbocycles. The summed E-state index contributed by atoms with van der Waals surface area (Å²) in [6.07, 6.45) is 1.84. The summed E-state index contributed by atoms with van der Waals surface area (Å²) >= 11 is 1.68. The van der Waals surface area contributed by atoms with Crippen LogP contribution in [0.4, 0.5) is 5.69 Å². The van der Waals surface area contributed by atoms with Crippen molar-refractivity contribution in [2.24, 2.45) is 0 Å². The molecule has 1 aromatic carbocycles. The molecule has 0 aliphatic rings. The van der Waals surface area contributed by atoms with Gasteiger partial charge in [-0.15, -0.1) is 11.3 Å². The smallest absolute Gasteiger partial charge is 0.112 e. The fraction of sp³-hybridized carbons (Fsp3) is 0.250. The van der Waals surface area contributed by atoms with Crippen molar-refractivity contribution < 1.29 is 0 Å². The van der Waals surface area contributed by atoms with Crippen molar-refractivity contribution in [2.45, 2.75) is 20.4 Å². The van der Waals surface area contributed by atoms with E-state index in [4.69, 9.17) is 0 Å². The zero-order valence-electron chi connectivity index (χ0n) is 8.95. The number of thiazole rings is 1. The molecule has 1 N–H and O–H groups in total. The third-order valence-corrected chi connectivity index (χ3v) is 2.93. The van der Waals surface area contributed by atoms with Crippen molar-refractivity contribution in [3.63, 3.8) is 0 Å². The van der Waals surface area contributed by atoms with E-state index in [0.29, 0.717) is 0 Å². The van der Waals surface area contributed by atoms with Crippen LogP contribution in [0.3, 0.4) is 0 Å². The number of nitrogens with one attached hydrogen (secondary N) is 1. The zero-order valence-corrected chi connectivity index (χ0v) is 9.77. The molecule has 0 bridgehead atoms. The molecule has 2 nitrogen and oxygen atoms in total. The van der Waals surface area contributed by atoms with Crippen LogP contribution in [-0.4, -0.2) is 4.98 Å². The lowest BCUT2D eigenvalue weighted by Crippen LogP contribution is -1.99. The minimum atomic E-state index is 0.806. The van der Waals surface area contributed by atoms with Gasteiger partial charge in [0.2, 0.25) is 0 Å². The lowest BCUT2D eigenvalue weighted by Gasteiger charge is -2.06. The first kappa shape index (κ1) is 10.2. The lowest BCUT2D eigenvalue weighted by atomic mass is 10.1. The van der Waals surface area contributed by atoms with Gasteiger partial charge in [0.25, 0.3) is 0 Å². The van der Waals surface area contributed by atoms with Gasteiger partial charge in [0, 0.05) is 17.3 Å². The van der Waals surface area contributed by atoms with Crippen LogP contribution in [0.5, 0.6) is 0 Å². The lowest BCUT2D eigenvalue weighted by molar-refractivity contribution is 1.10. The molecular weight excluding hydrogens is 204 g/mol. The van der Waals surface area contributed by atoms with E-state index < -0.39 is 0 Å². The average molecular weight is 218 g/mol. The molecule has 1 heterocycles. The molecule has 0 unspecified atom stereocenters. The Bertz CT molecular complexity index is 415. The fourth-order valence-electron chi connectivity index (χ4n) is 1.59. The predicted molar refractivity (Wildman–Crippen MR) is 65.4 cm³/mol. The van der Waals surface area contributed by atoms with Crippen LogP contribution in [0.2, 0.25) is 0 Å². The quantitative estimate of drug-likeness (QED) is 0.854. The molecular formula is C12H14N2S. The topological polar surface area (TPSA) is 24.9 Å². The molecule has 3 heteroatoms. The van der Waals surface area contributed by atoms with Crippen molar-refractivity contribution >= 4 is 17.0 Å². The second-order valence-electron chi connectivity index (χ2n) is 3.66. The van der Waals surface area contributed by atoms with Gasteiger partial charge in [0.15, 0.2) is 0 Å². The van der Waals surface area contributed by atoms with Crippen LogP contribution in [0.1, 0.15) is 16.1 Å². The van der Waals surface area contributed by atoms with E-state index in [-0.39, 0.29) is 0 Å². The molecule has 78 valence electrons. The van der Waals surface area contributed by atoms with E-state index in [2.05, 4.69) is 42.3 Å². The molecule has 0 amide bonds. The number of benzene rings is 1. The summed E-state index contributed by atoms with van der Waals surface area (Å²) < 4.78 is 0. The Morgan fingerprint density at radius 3 is 2.53 bits per heavy atom. The second-order valence-corrected chi connectivity index (χ2v) is 4.63. The third kappa shape index (κ3) is 2.80. The monoisotopic (exact) mass is 218 g/mol. The Labute approximate surface area is 94.0 Å². The second kappa shape index (κ2) is 4.45. The van der Waals surface area contributed by atoms with Gasteiger partial charge in [-0.1, -0.05) is 6.07 Å². The van der Waals surface area contributed by atoms with Crippen LogP contribution in [-0.2, 0) is 6.54 Å². The van der Waals surface area contributed by atoms with Crippen molar-refractivity contribution in [3.8, 4) is 0 Å². The maximum atomic E-state index is 4.23. The Balaban J connectivity index is 2.05. The maximum Gasteiger partial charge on any atom is 0.112 e. The predicted octanol–water partition coefficient (Wildman–Crippen LogP) is 3.37. The number of hydrogen-bond acceptors (Lipinski definition) is 3. The number of rotatable bonds is 3. The third-order valence-electron chi connectivity index (χ3n) is 2.15. The van der Waals surface area contributed by atoms with Crippen molar-refractivity contribution in [1.29, 1.82) is 0 Å². The Kier molecular flexibility index (Phi) is 3.02. The van der Waals surface area contributed by atoms with E-state index >= 15 is 0 Å². The SMILES string of the molecule is Cc1cc(C)cc(NCc2nccs2)c1. The summed E-state index contributed by atoms with van der Waals surface area (Å²) in [6.45, 7) is 5.03. The molecule has 0 radical (unpaired) electrons. The molecule has 0 aliphatic heterocycles. The highest BCUT2D eigenvalue weighted by atomic mass is 32.1. The minimum Gasteiger partial charge on any atom is -0.379 e. The van der Waals surface area contributed by atoms with Crippen molar-refractivity contribution in [3.05, 3.63) is 45.9 Å². The van der Waals surface area contributed by atoms with Gasteiger partial charge in [-0.2, -0.15) is 0 Å². The molecule has 15 heavy (non-hydrogen) atoms. The number of nitrogens with zero attached hydrogens (tertiary/aromatic N) is 1. The van der Waals surface area contributed by atoms with Crippen LogP contribution >= 0.6 is 11.3 Å². The van der Waals surface area contributed by atoms with E-state index in [1.807, 2.05) is 11.6 Å². The number of aryl methyl sites for hydroxylation is 2. The maximum absolute atomic E-state index is 4.23. The first-order valence-electron chi connectivity index (χ1n) is 4.94. The summed E-state index contributed by atoms with van der Waals surface area (Å²) in [4.78, 5) is 4.23. The summed E-state index contributed by atoms with van der Waals surface area (Å²) in [5.74, 6) is 0. The molecule has 0 saturated heterocycles. The standard InChI is InChI=1S/C12H14N2S/c1-9-5-10(2)7-11(6-9)14-8-12-13-3-4-15-12/h3-7,14H,8H2,1-2H3. The van der Waals surface area contributed by atoms with Crippen LogP contribution in [0, 0.1) is 13.8 Å². The normalized spacial score (nSPS) is 10.3. The first-order valence-corrected chi connectivity index (χ1v) is 5.82. The van der Waals surface area contributed by atoms with Crippen molar-refractivity contribution in [2.75, 3.05) is 5.32 Å². The van der Waals surface area contributed by atoms with Gasteiger partial charge in [-0.25, -0.2) is 4.98 Å². The molecule has 2 rings (SSSR count). The largest absolute Gasteiger partial charge is 0.379 e. The van der Waals surface area contributed by atoms with Crippen LogP contribution in [0.15, 0.2) is 29.8 Å².